The topological polar surface area (TPSA) is 23.6 Å². The molecule has 3 nitrogen and oxygen atoms in total. The van der Waals surface area contributed by atoms with E-state index in [-0.39, 0.29) is 18.2 Å². The molecule has 0 bridgehead atoms. The number of para-hydroxylation sites is 1. The summed E-state index contributed by atoms with van der Waals surface area (Å²) in [5, 5.41) is 0. The van der Waals surface area contributed by atoms with E-state index >= 15 is 0 Å². The van der Waals surface area contributed by atoms with Gasteiger partial charge < -0.3 is 17.3 Å². The average Bonchev–Trinajstić information content (AvgIpc) is 2.61. The van der Waals surface area contributed by atoms with E-state index in [2.05, 4.69) is 40.1 Å². The highest BCUT2D eigenvalue weighted by molar-refractivity contribution is 5.96. The molecule has 1 aliphatic heterocycles. The molecule has 2 aromatic carbocycles. The van der Waals surface area contributed by atoms with Crippen LogP contribution in [0.3, 0.4) is 0 Å². The summed E-state index contributed by atoms with van der Waals surface area (Å²) in [6, 6.07) is 18.4. The van der Waals surface area contributed by atoms with E-state index in [0.29, 0.717) is 6.42 Å². The van der Waals surface area contributed by atoms with Gasteiger partial charge in [0, 0.05) is 50.4 Å². The Bertz CT molecular complexity index is 634. The number of hydrogen-bond donors (Lipinski definition) is 0. The van der Waals surface area contributed by atoms with Crippen LogP contribution in [0.1, 0.15) is 22.3 Å². The van der Waals surface area contributed by atoms with E-state index in [0.717, 1.165) is 38.3 Å². The van der Waals surface area contributed by atoms with Crippen LogP contribution in [0.2, 0.25) is 0 Å². The lowest BCUT2D eigenvalue weighted by Crippen LogP contribution is -3.00. The first kappa shape index (κ1) is 18.5. The third-order valence-electron chi connectivity index (χ3n) is 4.52. The zero-order valence-electron chi connectivity index (χ0n) is 14.1. The second-order valence-corrected chi connectivity index (χ2v) is 6.20. The van der Waals surface area contributed by atoms with Crippen LogP contribution in [0.4, 0.5) is 5.69 Å². The maximum atomic E-state index is 12.2. The van der Waals surface area contributed by atoms with Gasteiger partial charge in [-0.25, -0.2) is 0 Å². The highest BCUT2D eigenvalue weighted by atomic mass is 35.5. The smallest absolute Gasteiger partial charge is 0.164 e. The van der Waals surface area contributed by atoms with Crippen molar-refractivity contribution in [1.29, 1.82) is 0 Å². The highest BCUT2D eigenvalue weighted by Crippen LogP contribution is 2.16. The van der Waals surface area contributed by atoms with E-state index in [9.17, 15) is 4.79 Å². The Labute approximate surface area is 150 Å². The summed E-state index contributed by atoms with van der Waals surface area (Å²) in [7, 11) is 0. The van der Waals surface area contributed by atoms with Gasteiger partial charge in [0.1, 0.15) is 0 Å². The first-order valence-electron chi connectivity index (χ1n) is 8.34. The molecule has 2 aromatic rings. The molecule has 0 aliphatic carbocycles. The van der Waals surface area contributed by atoms with Crippen LogP contribution in [-0.2, 0) is 0 Å². The van der Waals surface area contributed by atoms with Crippen molar-refractivity contribution in [3.8, 4) is 0 Å². The summed E-state index contributed by atoms with van der Waals surface area (Å²) in [4.78, 5) is 17.1. The molecule has 4 heteroatoms. The molecule has 0 N–H and O–H groups in total. The molecular formula is C20H24ClN2O-. The maximum absolute atomic E-state index is 12.2. The van der Waals surface area contributed by atoms with Crippen LogP contribution in [0, 0.1) is 6.92 Å². The van der Waals surface area contributed by atoms with Gasteiger partial charge in [0.05, 0.1) is 0 Å². The summed E-state index contributed by atoms with van der Waals surface area (Å²) < 4.78 is 0. The van der Waals surface area contributed by atoms with Gasteiger partial charge >= 0.3 is 0 Å². The Balaban J connectivity index is 0.00000208. The van der Waals surface area contributed by atoms with Gasteiger partial charge in [-0.15, -0.1) is 0 Å². The number of piperazine rings is 1. The summed E-state index contributed by atoms with van der Waals surface area (Å²) in [5.41, 5.74) is 3.32. The fourth-order valence-corrected chi connectivity index (χ4v) is 3.01. The average molecular weight is 344 g/mol. The lowest BCUT2D eigenvalue weighted by Gasteiger charge is -2.36. The minimum atomic E-state index is 0. The van der Waals surface area contributed by atoms with Gasteiger partial charge in [-0.05, 0) is 19.1 Å². The Morgan fingerprint density at radius 3 is 2.17 bits per heavy atom. The van der Waals surface area contributed by atoms with Gasteiger partial charge in [0.15, 0.2) is 5.78 Å². The Morgan fingerprint density at radius 2 is 1.54 bits per heavy atom. The van der Waals surface area contributed by atoms with Crippen molar-refractivity contribution in [2.24, 2.45) is 0 Å². The number of Topliss-reactive ketones (excluding diaryl/α,β-unsaturated/α-hetero) is 1. The normalized spacial score (nSPS) is 15.0. The molecule has 0 aromatic heterocycles. The number of anilines is 1. The minimum Gasteiger partial charge on any atom is -1.00 e. The lowest BCUT2D eigenvalue weighted by molar-refractivity contribution is -0.0000127. The zero-order chi connectivity index (χ0) is 16.1. The van der Waals surface area contributed by atoms with Crippen LogP contribution in [-0.4, -0.2) is 43.4 Å². The van der Waals surface area contributed by atoms with Crippen LogP contribution in [0.5, 0.6) is 0 Å². The molecule has 0 radical (unpaired) electrons. The zero-order valence-corrected chi connectivity index (χ0v) is 14.9. The van der Waals surface area contributed by atoms with Gasteiger partial charge in [-0.2, -0.15) is 0 Å². The number of rotatable bonds is 5. The number of halogens is 1. The second-order valence-electron chi connectivity index (χ2n) is 6.20. The third-order valence-corrected chi connectivity index (χ3v) is 4.52. The van der Waals surface area contributed by atoms with Crippen LogP contribution in [0.15, 0.2) is 54.6 Å². The largest absolute Gasteiger partial charge is 1.00 e. The quantitative estimate of drug-likeness (QED) is 0.734. The summed E-state index contributed by atoms with van der Waals surface area (Å²) in [6.45, 7) is 7.01. The van der Waals surface area contributed by atoms with Crippen LogP contribution >= 0.6 is 0 Å². The third kappa shape index (κ3) is 4.83. The predicted octanol–water partition coefficient (Wildman–Crippen LogP) is 0.394. The van der Waals surface area contributed by atoms with Crippen molar-refractivity contribution in [1.82, 2.24) is 4.90 Å². The molecule has 0 saturated carbocycles. The molecule has 1 saturated heterocycles. The Morgan fingerprint density at radius 1 is 0.917 bits per heavy atom. The van der Waals surface area contributed by atoms with Crippen molar-refractivity contribution in [2.75, 3.05) is 37.6 Å². The monoisotopic (exact) mass is 343 g/mol. The van der Waals surface area contributed by atoms with Crippen molar-refractivity contribution >= 4 is 11.5 Å². The fraction of sp³-hybridized carbons (Fsp3) is 0.350. The molecule has 24 heavy (non-hydrogen) atoms. The van der Waals surface area contributed by atoms with Gasteiger partial charge in [-0.3, -0.25) is 9.69 Å². The molecule has 0 atom stereocenters. The SMILES string of the molecule is Cc1ccc(C(=O)CCN2CCN(c3ccccc3)CC2)cc1.[Cl-]. The van der Waals surface area contributed by atoms with Gasteiger partial charge in [-0.1, -0.05) is 48.0 Å². The molecule has 1 fully saturated rings. The van der Waals surface area contributed by atoms with E-state index in [1.807, 2.05) is 31.2 Å². The van der Waals surface area contributed by atoms with Crippen molar-refractivity contribution in [3.05, 3.63) is 65.7 Å². The molecule has 0 unspecified atom stereocenters. The maximum Gasteiger partial charge on any atom is 0.164 e. The lowest BCUT2D eigenvalue weighted by atomic mass is 10.1. The predicted molar refractivity (Wildman–Crippen MR) is 95.2 cm³/mol. The Kier molecular flexibility index (Phi) is 6.83. The number of carbonyl (C=O) groups excluding carboxylic acids is 1. The van der Waals surface area contributed by atoms with E-state index < -0.39 is 0 Å². The standard InChI is InChI=1S/C20H24N2O.ClH/c1-17-7-9-18(10-8-17)20(23)11-12-21-13-15-22(16-14-21)19-5-3-2-4-6-19;/h2-10H,11-16H2,1H3;1H/p-1. The van der Waals surface area contributed by atoms with Gasteiger partial charge in [0.2, 0.25) is 0 Å². The minimum absolute atomic E-state index is 0. The molecular weight excluding hydrogens is 320 g/mol. The molecule has 1 aliphatic rings. The van der Waals surface area contributed by atoms with Crippen molar-refractivity contribution in [3.63, 3.8) is 0 Å². The molecule has 128 valence electrons. The number of carbonyl (C=O) groups is 1. The van der Waals surface area contributed by atoms with Crippen LogP contribution < -0.4 is 17.3 Å². The number of benzene rings is 2. The number of nitrogens with zero attached hydrogens (tertiary/aromatic N) is 2. The van der Waals surface area contributed by atoms with Crippen LogP contribution in [0.25, 0.3) is 0 Å². The van der Waals surface area contributed by atoms with E-state index in [1.165, 1.54) is 11.3 Å². The van der Waals surface area contributed by atoms with Crippen molar-refractivity contribution < 1.29 is 17.2 Å². The molecule has 0 amide bonds. The molecule has 0 spiro atoms. The molecule has 3 rings (SSSR count). The summed E-state index contributed by atoms with van der Waals surface area (Å²) >= 11 is 0. The number of hydrogen-bond acceptors (Lipinski definition) is 3. The highest BCUT2D eigenvalue weighted by Gasteiger charge is 2.17. The van der Waals surface area contributed by atoms with E-state index in [4.69, 9.17) is 0 Å². The number of aryl methyl sites for hydroxylation is 1. The first-order chi connectivity index (χ1) is 11.2. The van der Waals surface area contributed by atoms with E-state index in [1.54, 1.807) is 0 Å². The Hall–Kier alpha value is -1.84. The van der Waals surface area contributed by atoms with Crippen molar-refractivity contribution in [2.45, 2.75) is 13.3 Å². The fourth-order valence-electron chi connectivity index (χ4n) is 3.01. The summed E-state index contributed by atoms with van der Waals surface area (Å²) in [5.74, 6) is 0.246. The second kappa shape index (κ2) is 8.86. The first-order valence-corrected chi connectivity index (χ1v) is 8.34. The van der Waals surface area contributed by atoms with Gasteiger partial charge in [0.25, 0.3) is 0 Å². The number of ketones is 1. The molecule has 1 heterocycles. The summed E-state index contributed by atoms with van der Waals surface area (Å²) in [6.07, 6.45) is 0.606.